The van der Waals surface area contributed by atoms with Crippen LogP contribution in [-0.2, 0) is 6.42 Å². The minimum atomic E-state index is 0.614. The highest BCUT2D eigenvalue weighted by atomic mass is 79.9. The summed E-state index contributed by atoms with van der Waals surface area (Å²) in [6.07, 6.45) is 4.45. The molecule has 0 aliphatic carbocycles. The monoisotopic (exact) mass is 321 g/mol. The number of anilines is 2. The first-order valence-corrected chi connectivity index (χ1v) is 6.81. The zero-order valence-electron chi connectivity index (χ0n) is 11.0. The van der Waals surface area contributed by atoms with Gasteiger partial charge in [0.1, 0.15) is 5.82 Å². The van der Waals surface area contributed by atoms with Crippen molar-refractivity contribution in [3.8, 4) is 0 Å². The van der Waals surface area contributed by atoms with Gasteiger partial charge in [-0.2, -0.15) is 4.98 Å². The maximum Gasteiger partial charge on any atom is 0.224 e. The lowest BCUT2D eigenvalue weighted by Gasteiger charge is -2.19. The Labute approximate surface area is 121 Å². The summed E-state index contributed by atoms with van der Waals surface area (Å²) >= 11 is 3.48. The Morgan fingerprint density at radius 2 is 2.16 bits per heavy atom. The van der Waals surface area contributed by atoms with Gasteiger partial charge < -0.3 is 10.2 Å². The molecule has 2 aromatic rings. The molecule has 6 heteroatoms. The number of aromatic nitrogens is 3. The predicted molar refractivity (Wildman–Crippen MR) is 80.5 cm³/mol. The summed E-state index contributed by atoms with van der Waals surface area (Å²) < 4.78 is 0.884. The SMILES string of the molecule is CNc1ncc(Br)c(N(C)CCc2ccccn2)n1. The number of pyridine rings is 1. The van der Waals surface area contributed by atoms with Gasteiger partial charge in [0.2, 0.25) is 5.95 Å². The summed E-state index contributed by atoms with van der Waals surface area (Å²) in [6.45, 7) is 0.843. The highest BCUT2D eigenvalue weighted by Gasteiger charge is 2.09. The van der Waals surface area contributed by atoms with Crippen molar-refractivity contribution >= 4 is 27.7 Å². The van der Waals surface area contributed by atoms with Gasteiger partial charge in [0.15, 0.2) is 0 Å². The first kappa shape index (κ1) is 13.7. The van der Waals surface area contributed by atoms with Crippen molar-refractivity contribution in [2.45, 2.75) is 6.42 Å². The van der Waals surface area contributed by atoms with Gasteiger partial charge in [0.05, 0.1) is 4.47 Å². The van der Waals surface area contributed by atoms with E-state index in [2.05, 4.69) is 41.1 Å². The number of nitrogens with zero attached hydrogens (tertiary/aromatic N) is 4. The van der Waals surface area contributed by atoms with Gasteiger partial charge >= 0.3 is 0 Å². The van der Waals surface area contributed by atoms with E-state index in [4.69, 9.17) is 0 Å². The van der Waals surface area contributed by atoms with Crippen LogP contribution in [0, 0.1) is 0 Å². The molecule has 0 saturated carbocycles. The molecule has 19 heavy (non-hydrogen) atoms. The minimum Gasteiger partial charge on any atom is -0.358 e. The first-order valence-electron chi connectivity index (χ1n) is 6.02. The van der Waals surface area contributed by atoms with E-state index in [-0.39, 0.29) is 0 Å². The first-order chi connectivity index (χ1) is 9.20. The molecule has 0 radical (unpaired) electrons. The van der Waals surface area contributed by atoms with Crippen LogP contribution in [0.3, 0.4) is 0 Å². The second kappa shape index (κ2) is 6.47. The van der Waals surface area contributed by atoms with Gasteiger partial charge in [-0.05, 0) is 28.1 Å². The summed E-state index contributed by atoms with van der Waals surface area (Å²) in [7, 11) is 3.82. The number of rotatable bonds is 5. The number of hydrogen-bond donors (Lipinski definition) is 1. The predicted octanol–water partition coefficient (Wildman–Crippen LogP) is 2.35. The standard InChI is InChI=1S/C13H16BrN5/c1-15-13-17-9-11(14)12(18-13)19(2)8-6-10-5-3-4-7-16-10/h3-5,7,9H,6,8H2,1-2H3,(H,15,17,18). The van der Waals surface area contributed by atoms with Gasteiger partial charge in [-0.1, -0.05) is 6.07 Å². The molecule has 2 heterocycles. The number of halogens is 1. The quantitative estimate of drug-likeness (QED) is 0.916. The maximum absolute atomic E-state index is 4.44. The van der Waals surface area contributed by atoms with E-state index in [9.17, 15) is 0 Å². The van der Waals surface area contributed by atoms with E-state index in [1.54, 1.807) is 13.2 Å². The fraction of sp³-hybridized carbons (Fsp3) is 0.308. The molecule has 2 rings (SSSR count). The molecule has 0 aliphatic heterocycles. The van der Waals surface area contributed by atoms with E-state index in [1.165, 1.54) is 0 Å². The van der Waals surface area contributed by atoms with Crippen LogP contribution in [0.4, 0.5) is 11.8 Å². The fourth-order valence-corrected chi connectivity index (χ4v) is 2.17. The van der Waals surface area contributed by atoms with Gasteiger partial charge in [-0.15, -0.1) is 0 Å². The highest BCUT2D eigenvalue weighted by molar-refractivity contribution is 9.10. The van der Waals surface area contributed by atoms with Crippen LogP contribution in [0.15, 0.2) is 35.1 Å². The number of likely N-dealkylation sites (N-methyl/N-ethyl adjacent to an activating group) is 1. The van der Waals surface area contributed by atoms with Crippen LogP contribution in [0.25, 0.3) is 0 Å². The molecule has 0 saturated heterocycles. The van der Waals surface area contributed by atoms with Crippen molar-refractivity contribution in [1.29, 1.82) is 0 Å². The zero-order chi connectivity index (χ0) is 13.7. The van der Waals surface area contributed by atoms with Gasteiger partial charge in [-0.25, -0.2) is 4.98 Å². The molecule has 0 unspecified atom stereocenters. The molecule has 0 aromatic carbocycles. The van der Waals surface area contributed by atoms with Gasteiger partial charge in [-0.3, -0.25) is 4.98 Å². The largest absolute Gasteiger partial charge is 0.358 e. The van der Waals surface area contributed by atoms with Crippen LogP contribution in [0.1, 0.15) is 5.69 Å². The van der Waals surface area contributed by atoms with E-state index in [0.717, 1.165) is 29.0 Å². The Morgan fingerprint density at radius 3 is 2.84 bits per heavy atom. The van der Waals surface area contributed by atoms with E-state index >= 15 is 0 Å². The summed E-state index contributed by atoms with van der Waals surface area (Å²) in [5.74, 6) is 1.48. The molecule has 2 aromatic heterocycles. The Hall–Kier alpha value is -1.69. The van der Waals surface area contributed by atoms with Crippen LogP contribution in [-0.4, -0.2) is 35.6 Å². The van der Waals surface area contributed by atoms with Gasteiger partial charge in [0, 0.05) is 45.1 Å². The summed E-state index contributed by atoms with van der Waals surface area (Å²) in [5.41, 5.74) is 1.08. The van der Waals surface area contributed by atoms with Crippen molar-refractivity contribution in [3.05, 3.63) is 40.8 Å². The molecule has 0 aliphatic rings. The second-order valence-electron chi connectivity index (χ2n) is 4.11. The molecule has 100 valence electrons. The summed E-state index contributed by atoms with van der Waals surface area (Å²) in [6, 6.07) is 5.96. The van der Waals surface area contributed by atoms with Crippen molar-refractivity contribution in [3.63, 3.8) is 0 Å². The Bertz CT molecular complexity index is 532. The van der Waals surface area contributed by atoms with Crippen molar-refractivity contribution < 1.29 is 0 Å². The molecule has 0 spiro atoms. The molecule has 0 fully saturated rings. The molecule has 0 bridgehead atoms. The van der Waals surface area contributed by atoms with Crippen LogP contribution < -0.4 is 10.2 Å². The third kappa shape index (κ3) is 3.64. The lowest BCUT2D eigenvalue weighted by atomic mass is 10.2. The van der Waals surface area contributed by atoms with Crippen molar-refractivity contribution in [2.75, 3.05) is 30.9 Å². The summed E-state index contributed by atoms with van der Waals surface area (Å²) in [5, 5.41) is 2.94. The number of hydrogen-bond acceptors (Lipinski definition) is 5. The van der Waals surface area contributed by atoms with E-state index in [1.807, 2.05) is 31.4 Å². The van der Waals surface area contributed by atoms with E-state index in [0.29, 0.717) is 5.95 Å². The van der Waals surface area contributed by atoms with Crippen molar-refractivity contribution in [1.82, 2.24) is 15.0 Å². The molecule has 5 nitrogen and oxygen atoms in total. The average Bonchev–Trinajstić information content (AvgIpc) is 2.46. The fourth-order valence-electron chi connectivity index (χ4n) is 1.68. The lowest BCUT2D eigenvalue weighted by Crippen LogP contribution is -2.22. The zero-order valence-corrected chi connectivity index (χ0v) is 12.6. The average molecular weight is 322 g/mol. The minimum absolute atomic E-state index is 0.614. The van der Waals surface area contributed by atoms with Gasteiger partial charge in [0.25, 0.3) is 0 Å². The maximum atomic E-state index is 4.44. The summed E-state index contributed by atoms with van der Waals surface area (Å²) in [4.78, 5) is 15.0. The van der Waals surface area contributed by atoms with E-state index < -0.39 is 0 Å². The Morgan fingerprint density at radius 1 is 1.32 bits per heavy atom. The molecule has 0 amide bonds. The highest BCUT2D eigenvalue weighted by Crippen LogP contribution is 2.23. The Balaban J connectivity index is 2.05. The smallest absolute Gasteiger partial charge is 0.224 e. The van der Waals surface area contributed by atoms with Crippen LogP contribution >= 0.6 is 15.9 Å². The number of nitrogens with one attached hydrogen (secondary N) is 1. The third-order valence-corrected chi connectivity index (χ3v) is 3.30. The molecular weight excluding hydrogens is 306 g/mol. The second-order valence-corrected chi connectivity index (χ2v) is 4.96. The molecular formula is C13H16BrN5. The van der Waals surface area contributed by atoms with Crippen molar-refractivity contribution in [2.24, 2.45) is 0 Å². The molecule has 1 N–H and O–H groups in total. The lowest BCUT2D eigenvalue weighted by molar-refractivity contribution is 0.834. The van der Waals surface area contributed by atoms with Crippen LogP contribution in [0.5, 0.6) is 0 Å². The normalized spacial score (nSPS) is 10.3. The molecule has 0 atom stereocenters. The third-order valence-electron chi connectivity index (χ3n) is 2.74. The van der Waals surface area contributed by atoms with Crippen LogP contribution in [0.2, 0.25) is 0 Å². The Kier molecular flexibility index (Phi) is 4.68. The topological polar surface area (TPSA) is 53.9 Å².